The Morgan fingerprint density at radius 1 is 0.833 bits per heavy atom. The molecule has 1 aliphatic heterocycles. The van der Waals surface area contributed by atoms with Gasteiger partial charge >= 0.3 is 0 Å². The van der Waals surface area contributed by atoms with E-state index in [4.69, 9.17) is 18.9 Å². The van der Waals surface area contributed by atoms with Crippen LogP contribution in [-0.4, -0.2) is 39.6 Å². The van der Waals surface area contributed by atoms with E-state index in [1.54, 1.807) is 7.11 Å². The first kappa shape index (κ1) is 24.3. The number of hydrogen-bond acceptors (Lipinski definition) is 4. The molecule has 1 heterocycles. The van der Waals surface area contributed by atoms with E-state index in [1.165, 1.54) is 49.7 Å². The van der Waals surface area contributed by atoms with Gasteiger partial charge in [0.1, 0.15) is 24.2 Å². The molecule has 4 nitrogen and oxygen atoms in total. The van der Waals surface area contributed by atoms with Crippen LogP contribution >= 0.6 is 0 Å². The third kappa shape index (κ3) is 5.17. The average molecular weight is 491 g/mol. The van der Waals surface area contributed by atoms with Gasteiger partial charge in [0.05, 0.1) is 13.2 Å². The predicted molar refractivity (Wildman–Crippen MR) is 142 cm³/mol. The first-order chi connectivity index (χ1) is 17.6. The molecular formula is C32H42O4. The highest BCUT2D eigenvalue weighted by Gasteiger charge is 2.53. The third-order valence-corrected chi connectivity index (χ3v) is 9.70. The van der Waals surface area contributed by atoms with Gasteiger partial charge in [-0.05, 0) is 109 Å². The molecule has 6 rings (SSSR count). The number of rotatable bonds is 10. The van der Waals surface area contributed by atoms with Crippen molar-refractivity contribution in [3.05, 3.63) is 59.7 Å². The molecule has 4 fully saturated rings. The number of benzene rings is 2. The summed E-state index contributed by atoms with van der Waals surface area (Å²) in [6.45, 7) is 5.51. The molecule has 2 aromatic carbocycles. The van der Waals surface area contributed by atoms with Crippen molar-refractivity contribution in [2.75, 3.05) is 33.5 Å². The second-order valence-electron chi connectivity index (χ2n) is 12.1. The lowest BCUT2D eigenvalue weighted by Crippen LogP contribution is -2.31. The number of epoxide rings is 1. The van der Waals surface area contributed by atoms with Crippen molar-refractivity contribution in [1.29, 1.82) is 0 Å². The van der Waals surface area contributed by atoms with E-state index in [2.05, 4.69) is 55.5 Å². The highest BCUT2D eigenvalue weighted by Crippen LogP contribution is 2.62. The molecule has 36 heavy (non-hydrogen) atoms. The van der Waals surface area contributed by atoms with E-state index in [1.807, 2.05) is 0 Å². The van der Waals surface area contributed by atoms with Gasteiger partial charge in [-0.25, -0.2) is 0 Å². The van der Waals surface area contributed by atoms with E-state index >= 15 is 0 Å². The molecule has 194 valence electrons. The second kappa shape index (κ2) is 10.4. The van der Waals surface area contributed by atoms with E-state index in [0.29, 0.717) is 30.7 Å². The Bertz CT molecular complexity index is 998. The van der Waals surface area contributed by atoms with Crippen LogP contribution in [0.1, 0.15) is 68.9 Å². The van der Waals surface area contributed by atoms with Gasteiger partial charge in [-0.1, -0.05) is 31.2 Å². The Kier molecular flexibility index (Phi) is 7.01. The normalized spacial score (nSPS) is 34.7. The minimum atomic E-state index is 0.292. The molecule has 0 aromatic heterocycles. The Labute approximate surface area is 216 Å². The Morgan fingerprint density at radius 2 is 1.53 bits per heavy atom. The Morgan fingerprint density at radius 3 is 2.25 bits per heavy atom. The number of hydrogen-bond donors (Lipinski definition) is 0. The van der Waals surface area contributed by atoms with Crippen LogP contribution in [-0.2, 0) is 14.9 Å². The van der Waals surface area contributed by atoms with Gasteiger partial charge in [0, 0.05) is 20.1 Å². The SMILES string of the molecule is COCCCOc1ccc([C@@H]2CCC3C4CC(CC(C)(c5ccc(OCC6CO6)cc5)C4)C3C2)cc1. The van der Waals surface area contributed by atoms with Crippen LogP contribution in [0.25, 0.3) is 0 Å². The summed E-state index contributed by atoms with van der Waals surface area (Å²) in [6, 6.07) is 18.0. The molecule has 0 radical (unpaired) electrons. The van der Waals surface area contributed by atoms with Crippen molar-refractivity contribution in [3.8, 4) is 11.5 Å². The zero-order valence-electron chi connectivity index (χ0n) is 22.0. The summed E-state index contributed by atoms with van der Waals surface area (Å²) in [7, 11) is 1.74. The fraction of sp³-hybridized carbons (Fsp3) is 0.625. The topological polar surface area (TPSA) is 40.2 Å². The van der Waals surface area contributed by atoms with Crippen molar-refractivity contribution in [2.24, 2.45) is 23.7 Å². The van der Waals surface area contributed by atoms with Gasteiger partial charge in [0.25, 0.3) is 0 Å². The van der Waals surface area contributed by atoms with Crippen LogP contribution < -0.4 is 9.47 Å². The van der Waals surface area contributed by atoms with Crippen molar-refractivity contribution in [2.45, 2.75) is 69.3 Å². The molecule has 2 aromatic rings. The van der Waals surface area contributed by atoms with E-state index in [9.17, 15) is 0 Å². The first-order valence-electron chi connectivity index (χ1n) is 14.2. The van der Waals surface area contributed by atoms with Crippen LogP contribution in [0.4, 0.5) is 0 Å². The lowest BCUT2D eigenvalue weighted by atomic mass is 9.66. The van der Waals surface area contributed by atoms with E-state index in [0.717, 1.165) is 54.8 Å². The monoisotopic (exact) mass is 490 g/mol. The van der Waals surface area contributed by atoms with E-state index < -0.39 is 0 Å². The fourth-order valence-corrected chi connectivity index (χ4v) is 7.88. The zero-order valence-corrected chi connectivity index (χ0v) is 22.0. The second-order valence-corrected chi connectivity index (χ2v) is 12.1. The summed E-state index contributed by atoms with van der Waals surface area (Å²) < 4.78 is 22.2. The molecule has 6 unspecified atom stereocenters. The molecule has 3 aliphatic carbocycles. The highest BCUT2D eigenvalue weighted by molar-refractivity contribution is 5.34. The zero-order chi connectivity index (χ0) is 24.5. The molecule has 4 heteroatoms. The maximum absolute atomic E-state index is 5.89. The molecular weight excluding hydrogens is 448 g/mol. The highest BCUT2D eigenvalue weighted by atomic mass is 16.6. The Balaban J connectivity index is 1.08. The summed E-state index contributed by atoms with van der Waals surface area (Å²) in [5, 5.41) is 0. The van der Waals surface area contributed by atoms with Gasteiger partial charge in [0.2, 0.25) is 0 Å². The summed E-state index contributed by atoms with van der Waals surface area (Å²) in [5.74, 6) is 6.23. The van der Waals surface area contributed by atoms with Crippen molar-refractivity contribution in [3.63, 3.8) is 0 Å². The van der Waals surface area contributed by atoms with Crippen molar-refractivity contribution < 1.29 is 18.9 Å². The van der Waals surface area contributed by atoms with Crippen LogP contribution in [0.3, 0.4) is 0 Å². The third-order valence-electron chi connectivity index (χ3n) is 9.70. The van der Waals surface area contributed by atoms with Gasteiger partial charge in [-0.15, -0.1) is 0 Å². The van der Waals surface area contributed by atoms with Crippen LogP contribution in [0.2, 0.25) is 0 Å². The number of ether oxygens (including phenoxy) is 4. The number of fused-ring (bicyclic) bond motifs is 5. The van der Waals surface area contributed by atoms with Crippen molar-refractivity contribution in [1.82, 2.24) is 0 Å². The van der Waals surface area contributed by atoms with Crippen LogP contribution in [0, 0.1) is 23.7 Å². The minimum absolute atomic E-state index is 0.292. The molecule has 7 atom stereocenters. The van der Waals surface area contributed by atoms with Gasteiger partial charge < -0.3 is 18.9 Å². The van der Waals surface area contributed by atoms with Gasteiger partial charge in [0.15, 0.2) is 0 Å². The van der Waals surface area contributed by atoms with Crippen LogP contribution in [0.5, 0.6) is 11.5 Å². The number of methoxy groups -OCH3 is 1. The Hall–Kier alpha value is -2.04. The maximum Gasteiger partial charge on any atom is 0.119 e. The fourth-order valence-electron chi connectivity index (χ4n) is 7.88. The van der Waals surface area contributed by atoms with Gasteiger partial charge in [-0.3, -0.25) is 0 Å². The molecule has 0 amide bonds. The standard InChI is InChI=1S/C32H42O4/c1-32(26-7-11-28(12-8-26)35-20-29-21-36-29)18-24-16-25(19-32)31-17-23(6-13-30(24)31)22-4-9-27(10-5-22)34-15-3-14-33-2/h4-5,7-12,23-25,29-31H,3,6,13-21H2,1-2H3/t23-,24?,25?,29?,30?,31?,32?/m1/s1. The quantitative estimate of drug-likeness (QED) is 0.272. The lowest BCUT2D eigenvalue weighted by Gasteiger charge is -2.39. The molecule has 4 aliphatic rings. The average Bonchev–Trinajstić information content (AvgIpc) is 3.71. The van der Waals surface area contributed by atoms with Gasteiger partial charge in [-0.2, -0.15) is 0 Å². The summed E-state index contributed by atoms with van der Waals surface area (Å²) in [5.41, 5.74) is 3.30. The van der Waals surface area contributed by atoms with Crippen molar-refractivity contribution >= 4 is 0 Å². The smallest absolute Gasteiger partial charge is 0.119 e. The molecule has 2 bridgehead atoms. The maximum atomic E-state index is 5.89. The first-order valence-corrected chi connectivity index (χ1v) is 14.2. The molecule has 1 saturated heterocycles. The molecule has 0 spiro atoms. The predicted octanol–water partition coefficient (Wildman–Crippen LogP) is 6.77. The lowest BCUT2D eigenvalue weighted by molar-refractivity contribution is 0.172. The van der Waals surface area contributed by atoms with E-state index in [-0.39, 0.29) is 0 Å². The summed E-state index contributed by atoms with van der Waals surface area (Å²) in [6.07, 6.45) is 9.48. The molecule has 3 saturated carbocycles. The minimum Gasteiger partial charge on any atom is -0.494 e. The summed E-state index contributed by atoms with van der Waals surface area (Å²) >= 11 is 0. The largest absolute Gasteiger partial charge is 0.494 e. The van der Waals surface area contributed by atoms with Crippen LogP contribution in [0.15, 0.2) is 48.5 Å². The molecule has 0 N–H and O–H groups in total. The summed E-state index contributed by atoms with van der Waals surface area (Å²) in [4.78, 5) is 0.